The Bertz CT molecular complexity index is 887. The van der Waals surface area contributed by atoms with Crippen LogP contribution in [0.5, 0.6) is 0 Å². The topological polar surface area (TPSA) is 32.3 Å². The van der Waals surface area contributed by atoms with Crippen LogP contribution < -0.4 is 10.2 Å². The maximum Gasteiger partial charge on any atom is 0.416 e. The molecule has 4 rings (SSSR count). The van der Waals surface area contributed by atoms with E-state index in [0.717, 1.165) is 37.3 Å². The van der Waals surface area contributed by atoms with Crippen molar-refractivity contribution in [1.82, 2.24) is 0 Å². The Hall–Kier alpha value is -2.50. The molecular weight excluding hydrogens is 353 g/mol. The predicted octanol–water partition coefficient (Wildman–Crippen LogP) is 4.76. The third kappa shape index (κ3) is 3.17. The molecule has 0 atom stereocenters. The molecule has 1 amide bonds. The number of benzene rings is 2. The molecule has 3 nitrogen and oxygen atoms in total. The Kier molecular flexibility index (Phi) is 4.17. The minimum atomic E-state index is -4.41. The highest BCUT2D eigenvalue weighted by atomic mass is 19.4. The van der Waals surface area contributed by atoms with Crippen LogP contribution in [-0.2, 0) is 22.8 Å². The number of alkyl halides is 3. The van der Waals surface area contributed by atoms with Gasteiger partial charge in [0.25, 0.3) is 0 Å². The van der Waals surface area contributed by atoms with Gasteiger partial charge in [0.1, 0.15) is 0 Å². The van der Waals surface area contributed by atoms with Crippen molar-refractivity contribution in [3.8, 4) is 0 Å². The van der Waals surface area contributed by atoms with Gasteiger partial charge in [-0.1, -0.05) is 24.3 Å². The van der Waals surface area contributed by atoms with Crippen LogP contribution in [0.3, 0.4) is 0 Å². The summed E-state index contributed by atoms with van der Waals surface area (Å²) >= 11 is 0. The number of hydrogen-bond donors (Lipinski definition) is 1. The number of nitrogens with zero attached hydrogens (tertiary/aromatic N) is 1. The Labute approximate surface area is 156 Å². The van der Waals surface area contributed by atoms with Crippen LogP contribution in [0.25, 0.3) is 0 Å². The summed E-state index contributed by atoms with van der Waals surface area (Å²) in [5, 5.41) is 2.93. The molecule has 2 aliphatic rings. The Morgan fingerprint density at radius 2 is 1.96 bits per heavy atom. The van der Waals surface area contributed by atoms with Crippen LogP contribution in [0, 0.1) is 0 Å². The fourth-order valence-corrected chi connectivity index (χ4v) is 3.87. The first-order valence-electron chi connectivity index (χ1n) is 9.20. The van der Waals surface area contributed by atoms with E-state index in [4.69, 9.17) is 0 Å². The van der Waals surface area contributed by atoms with E-state index >= 15 is 0 Å². The number of anilines is 2. The van der Waals surface area contributed by atoms with E-state index < -0.39 is 17.2 Å². The van der Waals surface area contributed by atoms with E-state index in [0.29, 0.717) is 24.1 Å². The zero-order valence-electron chi connectivity index (χ0n) is 15.1. The van der Waals surface area contributed by atoms with Gasteiger partial charge in [-0.05, 0) is 55.5 Å². The quantitative estimate of drug-likeness (QED) is 0.837. The molecule has 0 spiro atoms. The van der Waals surface area contributed by atoms with Crippen molar-refractivity contribution >= 4 is 17.3 Å². The van der Waals surface area contributed by atoms with Gasteiger partial charge < -0.3 is 10.2 Å². The Balaban J connectivity index is 1.57. The Morgan fingerprint density at radius 3 is 2.63 bits per heavy atom. The number of amides is 1. The van der Waals surface area contributed by atoms with E-state index in [1.165, 1.54) is 11.6 Å². The first kappa shape index (κ1) is 17.9. The summed E-state index contributed by atoms with van der Waals surface area (Å²) in [7, 11) is 0. The second-order valence-corrected chi connectivity index (χ2v) is 7.29. The minimum absolute atomic E-state index is 0.234. The van der Waals surface area contributed by atoms with Crippen molar-refractivity contribution in [3.05, 3.63) is 59.2 Å². The van der Waals surface area contributed by atoms with Gasteiger partial charge in [-0.3, -0.25) is 4.79 Å². The molecular formula is C21H21F3N2O. The molecule has 0 radical (unpaired) electrons. The summed E-state index contributed by atoms with van der Waals surface area (Å²) < 4.78 is 39.0. The standard InChI is InChI=1S/C21H21F3N2O/c1-2-26-11-8-14-6-7-17(13-18(14)26)25-19(27)20(9-10-20)15-4-3-5-16(12-15)21(22,23)24/h3-7,12-13H,2,8-11H2,1H3,(H,25,27). The number of nitrogens with one attached hydrogen (secondary N) is 1. The third-order valence-electron chi connectivity index (χ3n) is 5.64. The number of rotatable bonds is 4. The first-order valence-corrected chi connectivity index (χ1v) is 9.20. The summed E-state index contributed by atoms with van der Waals surface area (Å²) in [6.07, 6.45) is -2.30. The lowest BCUT2D eigenvalue weighted by molar-refractivity contribution is -0.137. The van der Waals surface area contributed by atoms with Crippen LogP contribution in [0.4, 0.5) is 24.5 Å². The predicted molar refractivity (Wildman–Crippen MR) is 99.0 cm³/mol. The van der Waals surface area contributed by atoms with Crippen molar-refractivity contribution in [2.24, 2.45) is 0 Å². The van der Waals surface area contributed by atoms with E-state index in [9.17, 15) is 18.0 Å². The summed E-state index contributed by atoms with van der Waals surface area (Å²) in [6.45, 7) is 3.96. The minimum Gasteiger partial charge on any atom is -0.371 e. The lowest BCUT2D eigenvalue weighted by atomic mass is 9.93. The van der Waals surface area contributed by atoms with Gasteiger partial charge in [-0.2, -0.15) is 13.2 Å². The van der Waals surface area contributed by atoms with Gasteiger partial charge >= 0.3 is 6.18 Å². The lowest BCUT2D eigenvalue weighted by Gasteiger charge is -2.20. The fourth-order valence-electron chi connectivity index (χ4n) is 3.87. The molecule has 142 valence electrons. The number of hydrogen-bond acceptors (Lipinski definition) is 2. The number of carbonyl (C=O) groups is 1. The summed E-state index contributed by atoms with van der Waals surface area (Å²) in [6, 6.07) is 11.0. The number of halogens is 3. The van der Waals surface area contributed by atoms with Crippen LogP contribution in [0.1, 0.15) is 36.5 Å². The summed E-state index contributed by atoms with van der Waals surface area (Å²) in [5.74, 6) is -0.234. The lowest BCUT2D eigenvalue weighted by Crippen LogP contribution is -2.28. The maximum atomic E-state index is 13.0. The highest BCUT2D eigenvalue weighted by molar-refractivity contribution is 6.01. The maximum absolute atomic E-state index is 13.0. The molecule has 2 aromatic rings. The molecule has 1 saturated carbocycles. The third-order valence-corrected chi connectivity index (χ3v) is 5.64. The number of likely N-dealkylation sites (N-methyl/N-ethyl adjacent to an activating group) is 1. The molecule has 1 aliphatic heterocycles. The van der Waals surface area contributed by atoms with Gasteiger partial charge in [0.2, 0.25) is 5.91 Å². The molecule has 1 aliphatic carbocycles. The highest BCUT2D eigenvalue weighted by Crippen LogP contribution is 2.50. The largest absolute Gasteiger partial charge is 0.416 e. The van der Waals surface area contributed by atoms with Crippen molar-refractivity contribution in [2.75, 3.05) is 23.3 Å². The molecule has 27 heavy (non-hydrogen) atoms. The summed E-state index contributed by atoms with van der Waals surface area (Å²) in [5.41, 5.74) is 1.94. The first-order chi connectivity index (χ1) is 12.8. The van der Waals surface area contributed by atoms with E-state index in [-0.39, 0.29) is 5.91 Å². The Morgan fingerprint density at radius 1 is 1.19 bits per heavy atom. The molecule has 1 fully saturated rings. The van der Waals surface area contributed by atoms with Gasteiger partial charge in [-0.15, -0.1) is 0 Å². The molecule has 0 saturated heterocycles. The van der Waals surface area contributed by atoms with Crippen LogP contribution in [-0.4, -0.2) is 19.0 Å². The van der Waals surface area contributed by atoms with E-state index in [1.54, 1.807) is 6.07 Å². The molecule has 0 bridgehead atoms. The molecule has 0 unspecified atom stereocenters. The van der Waals surface area contributed by atoms with Crippen molar-refractivity contribution in [1.29, 1.82) is 0 Å². The summed E-state index contributed by atoms with van der Waals surface area (Å²) in [4.78, 5) is 15.2. The monoisotopic (exact) mass is 374 g/mol. The average Bonchev–Trinajstić information content (AvgIpc) is 3.36. The van der Waals surface area contributed by atoms with Crippen LogP contribution in [0.15, 0.2) is 42.5 Å². The second-order valence-electron chi connectivity index (χ2n) is 7.29. The fraction of sp³-hybridized carbons (Fsp3) is 0.381. The average molecular weight is 374 g/mol. The van der Waals surface area contributed by atoms with Gasteiger partial charge in [-0.25, -0.2) is 0 Å². The van der Waals surface area contributed by atoms with Crippen LogP contribution in [0.2, 0.25) is 0 Å². The van der Waals surface area contributed by atoms with Gasteiger partial charge in [0, 0.05) is 24.5 Å². The zero-order chi connectivity index (χ0) is 19.2. The van der Waals surface area contributed by atoms with Crippen molar-refractivity contribution in [2.45, 2.75) is 37.8 Å². The number of carbonyl (C=O) groups excluding carboxylic acids is 1. The molecule has 1 heterocycles. The highest BCUT2D eigenvalue weighted by Gasteiger charge is 2.51. The SMILES string of the molecule is CCN1CCc2ccc(NC(=O)C3(c4cccc(C(F)(F)F)c4)CC3)cc21. The smallest absolute Gasteiger partial charge is 0.371 e. The number of fused-ring (bicyclic) bond motifs is 1. The second kappa shape index (κ2) is 6.29. The van der Waals surface area contributed by atoms with E-state index in [1.807, 2.05) is 18.2 Å². The molecule has 0 aromatic heterocycles. The van der Waals surface area contributed by atoms with Crippen molar-refractivity contribution in [3.63, 3.8) is 0 Å². The van der Waals surface area contributed by atoms with E-state index in [2.05, 4.69) is 17.1 Å². The zero-order valence-corrected chi connectivity index (χ0v) is 15.1. The van der Waals surface area contributed by atoms with Crippen LogP contribution >= 0.6 is 0 Å². The van der Waals surface area contributed by atoms with Gasteiger partial charge in [0.15, 0.2) is 0 Å². The molecule has 2 aromatic carbocycles. The molecule has 6 heteroatoms. The van der Waals surface area contributed by atoms with Gasteiger partial charge in [0.05, 0.1) is 11.0 Å². The molecule has 1 N–H and O–H groups in total. The normalized spacial score (nSPS) is 17.6. The van der Waals surface area contributed by atoms with Crippen molar-refractivity contribution < 1.29 is 18.0 Å².